The van der Waals surface area contributed by atoms with E-state index in [9.17, 15) is 25.3 Å². The molecule has 0 atom stereocenters. The van der Waals surface area contributed by atoms with E-state index in [0.29, 0.717) is 52.0 Å². The summed E-state index contributed by atoms with van der Waals surface area (Å²) < 4.78 is 97.2. The molecule has 0 aliphatic carbocycles. The Bertz CT molecular complexity index is 9180. The highest BCUT2D eigenvalue weighted by atomic mass is 32.2. The smallest absolute Gasteiger partial charge is 0.255 e. The van der Waals surface area contributed by atoms with Crippen LogP contribution >= 0.6 is 0 Å². The van der Waals surface area contributed by atoms with Crippen LogP contribution in [0.25, 0.3) is 157 Å². The summed E-state index contributed by atoms with van der Waals surface area (Å²) >= 11 is 0. The molecule has 732 valence electrons. The standard InChI is InChI=1S/C25H19N3O3S.C24H18N4O3S.C23H18N4O2S.C23H20N4.C23H23N3O/c1-32(29,30)23-14-9-19(10-15-23)25-27-26-24-16-11-20(17-28(24)25)18-7-12-22(13-8-18)31-21-5-3-2-4-6-21;1-32(29,30)20-13-11-17(12-14-20)23-26-27-24-25-15-18(16-28(23)24)21-9-5-6-10-22(21)31-19-7-3-2-4-8-19;1-15-7-12-20(21-6-4-3-5-19(15)21)17-13-24-23-26-25-22(27(23)14-17)16-8-10-18(11-9-16)30(2,28)29;1-23(2,3)19-10-5-16(6-11-19)18-9-14-21-25-26-22(27(21)15-18)17-7-12-20(24-4)13-8-17;1-16(2)14-17-4-6-19(7-5-17)23-25-24-22-13-10-20(15-26(22)23)18-8-11-21(27-3)12-9-18/h2-17H,1H3;2-16H,1H3;3-14H,1-2H3;5-15H,1-3H3;4-13,15-16H,14H2,1-3H3. The molecule has 0 spiro atoms. The zero-order chi connectivity index (χ0) is 103. The van der Waals surface area contributed by atoms with Crippen LogP contribution in [-0.4, -0.2) is 134 Å². The van der Waals surface area contributed by atoms with Crippen molar-refractivity contribution in [3.8, 4) is 141 Å². The highest BCUT2D eigenvalue weighted by molar-refractivity contribution is 7.91. The first-order valence-corrected chi connectivity index (χ1v) is 53.0. The zero-order valence-corrected chi connectivity index (χ0v) is 84.7. The van der Waals surface area contributed by atoms with Crippen molar-refractivity contribution >= 4 is 74.5 Å². The fourth-order valence-electron chi connectivity index (χ4n) is 16.9. The van der Waals surface area contributed by atoms with Crippen LogP contribution in [0.4, 0.5) is 5.69 Å². The quantitative estimate of drug-likeness (QED) is 0.0640. The summed E-state index contributed by atoms with van der Waals surface area (Å²) in [6, 6.07) is 112. The number of sulfone groups is 3. The van der Waals surface area contributed by atoms with Gasteiger partial charge in [0.1, 0.15) is 28.7 Å². The van der Waals surface area contributed by atoms with Gasteiger partial charge in [0.25, 0.3) is 11.6 Å². The Hall–Kier alpha value is -18.2. The van der Waals surface area contributed by atoms with Crippen molar-refractivity contribution in [2.24, 2.45) is 5.92 Å². The van der Waals surface area contributed by atoms with E-state index in [4.69, 9.17) is 20.8 Å². The second-order valence-electron chi connectivity index (χ2n) is 36.8. The predicted octanol–water partition coefficient (Wildman–Crippen LogP) is 25.4. The van der Waals surface area contributed by atoms with Crippen molar-refractivity contribution < 1.29 is 39.5 Å². The lowest BCUT2D eigenvalue weighted by molar-refractivity contribution is 0.415. The number of methoxy groups -OCH3 is 1. The van der Waals surface area contributed by atoms with Crippen LogP contribution in [0.2, 0.25) is 0 Å². The van der Waals surface area contributed by atoms with E-state index in [0.717, 1.165) is 141 Å². The number of para-hydroxylation sites is 3. The molecule has 23 rings (SSSR count). The summed E-state index contributed by atoms with van der Waals surface area (Å²) in [5.74, 6) is 8.87. The lowest BCUT2D eigenvalue weighted by Gasteiger charge is -2.19. The van der Waals surface area contributed by atoms with E-state index in [2.05, 4.69) is 221 Å². The van der Waals surface area contributed by atoms with Gasteiger partial charge in [0.2, 0.25) is 0 Å². The third-order valence-electron chi connectivity index (χ3n) is 24.8. The minimum atomic E-state index is -3.27. The van der Waals surface area contributed by atoms with E-state index in [-0.39, 0.29) is 20.1 Å². The van der Waals surface area contributed by atoms with Crippen molar-refractivity contribution in [3.63, 3.8) is 0 Å². The minimum Gasteiger partial charge on any atom is -0.497 e. The molecule has 0 amide bonds. The molecule has 0 aliphatic heterocycles. The lowest BCUT2D eigenvalue weighted by Crippen LogP contribution is -2.10. The Morgan fingerprint density at radius 1 is 0.318 bits per heavy atom. The van der Waals surface area contributed by atoms with Crippen LogP contribution in [-0.2, 0) is 41.3 Å². The molecule has 0 bridgehead atoms. The average Bonchev–Trinajstić information content (AvgIpc) is 1.63. The maximum Gasteiger partial charge on any atom is 0.255 e. The molecule has 0 fully saturated rings. The summed E-state index contributed by atoms with van der Waals surface area (Å²) in [7, 11) is -8.10. The summed E-state index contributed by atoms with van der Waals surface area (Å²) in [6.45, 7) is 20.3. The Morgan fingerprint density at radius 2 is 0.655 bits per heavy atom. The molecule has 0 radical (unpaired) electrons. The first-order valence-electron chi connectivity index (χ1n) is 47.3. The van der Waals surface area contributed by atoms with E-state index in [1.165, 1.54) is 40.8 Å². The molecule has 10 heterocycles. The summed E-state index contributed by atoms with van der Waals surface area (Å²) in [5.41, 5.74) is 21.6. The number of benzene rings is 13. The molecule has 30 heteroatoms. The van der Waals surface area contributed by atoms with Crippen LogP contribution in [0.5, 0.6) is 28.7 Å². The third kappa shape index (κ3) is 22.4. The number of hydrogen-bond donors (Lipinski definition) is 0. The molecule has 27 nitrogen and oxygen atoms in total. The number of fused-ring (bicyclic) bond motifs is 6. The number of nitrogens with zero attached hydrogens (tertiary/aromatic N) is 18. The first-order chi connectivity index (χ1) is 71.5. The predicted molar refractivity (Wildman–Crippen MR) is 580 cm³/mol. The van der Waals surface area contributed by atoms with E-state index < -0.39 is 29.5 Å². The molecule has 148 heavy (non-hydrogen) atoms. The van der Waals surface area contributed by atoms with Crippen molar-refractivity contribution in [2.75, 3.05) is 25.9 Å². The molecular weight excluding hydrogens is 1910 g/mol. The number of aromatic nitrogens is 17. The third-order valence-corrected chi connectivity index (χ3v) is 28.2. The van der Waals surface area contributed by atoms with E-state index in [1.54, 1.807) is 109 Å². The van der Waals surface area contributed by atoms with Gasteiger partial charge >= 0.3 is 0 Å². The van der Waals surface area contributed by atoms with Gasteiger partial charge < -0.3 is 14.2 Å². The molecule has 0 saturated carbocycles. The molecule has 0 saturated heterocycles. The number of hydrogen-bond acceptors (Lipinski definition) is 21. The highest BCUT2D eigenvalue weighted by Gasteiger charge is 2.22. The monoisotopic (exact) mass is 2010 g/mol. The molecule has 0 unspecified atom stereocenters. The molecule has 23 aromatic rings. The topological polar surface area (TPSA) is 311 Å². The molecular formula is C118H98N18O9S3. The van der Waals surface area contributed by atoms with E-state index in [1.807, 2.05) is 202 Å². The lowest BCUT2D eigenvalue weighted by atomic mass is 9.86. The summed E-state index contributed by atoms with van der Waals surface area (Å²) in [4.78, 5) is 13.2. The maximum atomic E-state index is 11.8. The molecule has 0 N–H and O–H groups in total. The Labute approximate surface area is 855 Å². The summed E-state index contributed by atoms with van der Waals surface area (Å²) in [5, 5.41) is 45.1. The first kappa shape index (κ1) is 98.6. The van der Waals surface area contributed by atoms with Crippen LogP contribution in [0.15, 0.2) is 410 Å². The highest BCUT2D eigenvalue weighted by Crippen LogP contribution is 2.39. The van der Waals surface area contributed by atoms with Gasteiger partial charge in [-0.2, -0.15) is 0 Å². The van der Waals surface area contributed by atoms with Gasteiger partial charge in [-0.25, -0.2) is 40.1 Å². The van der Waals surface area contributed by atoms with Crippen molar-refractivity contribution in [1.82, 2.24) is 83.0 Å². The molecule has 0 aliphatic rings. The minimum absolute atomic E-state index is 0.140. The summed E-state index contributed by atoms with van der Waals surface area (Å²) in [6.07, 6.45) is 18.2. The van der Waals surface area contributed by atoms with Gasteiger partial charge in [-0.05, 0) is 255 Å². The van der Waals surface area contributed by atoms with Gasteiger partial charge in [-0.3, -0.25) is 22.0 Å². The molecule has 10 aromatic heterocycles. The van der Waals surface area contributed by atoms with Gasteiger partial charge in [0.15, 0.2) is 81.3 Å². The number of ether oxygens (including phenoxy) is 3. The van der Waals surface area contributed by atoms with Crippen LogP contribution in [0, 0.1) is 19.4 Å². The largest absolute Gasteiger partial charge is 0.497 e. The van der Waals surface area contributed by atoms with Gasteiger partial charge in [-0.1, -0.05) is 223 Å². The van der Waals surface area contributed by atoms with Gasteiger partial charge in [-0.15, -0.1) is 51.0 Å². The van der Waals surface area contributed by atoms with Crippen LogP contribution < -0.4 is 14.2 Å². The number of aryl methyl sites for hydroxylation is 1. The average molecular weight is 2010 g/mol. The Balaban J connectivity index is 0.000000117. The number of pyridine rings is 3. The fraction of sp³-hybridized carbons (Fsp3) is 0.110. The van der Waals surface area contributed by atoms with Gasteiger partial charge in [0.05, 0.1) is 28.4 Å². The van der Waals surface area contributed by atoms with Crippen molar-refractivity contribution in [3.05, 3.63) is 423 Å². The Kier molecular flexibility index (Phi) is 28.2. The van der Waals surface area contributed by atoms with Gasteiger partial charge in [0, 0.05) is 107 Å². The second-order valence-corrected chi connectivity index (χ2v) is 42.9. The number of rotatable bonds is 20. The van der Waals surface area contributed by atoms with E-state index >= 15 is 0 Å². The Morgan fingerprint density at radius 3 is 1.07 bits per heavy atom. The van der Waals surface area contributed by atoms with Crippen molar-refractivity contribution in [2.45, 2.75) is 68.1 Å². The fourth-order valence-corrected chi connectivity index (χ4v) is 18.8. The normalized spacial score (nSPS) is 11.6. The van der Waals surface area contributed by atoms with Crippen LogP contribution in [0.3, 0.4) is 0 Å². The van der Waals surface area contributed by atoms with Crippen molar-refractivity contribution in [1.29, 1.82) is 0 Å². The maximum absolute atomic E-state index is 11.8. The second kappa shape index (κ2) is 42.4. The SMILES string of the molecule is COc1ccc(-c2ccc3nnc(-c4ccc(CC(C)C)cc4)n3c2)cc1.CS(=O)(=O)c1ccc(-c2nnc3ccc(-c4ccc(Oc5ccccc5)cc4)cn23)cc1.CS(=O)(=O)c1ccc(-c2nnc3ncc(-c4ccccc4Oc4ccccc4)cn23)cc1.Cc1ccc(-c2cnc3nnc(-c4ccc(S(C)(=O)=O)cc4)n3c2)c2ccccc12.[C-]#[N+]c1ccc(-c2nnc3ccc(-c4ccc(C(C)(C)C)cc4)cn23)cc1. The zero-order valence-electron chi connectivity index (χ0n) is 82.3. The molecule has 13 aromatic carbocycles. The van der Waals surface area contributed by atoms with Crippen LogP contribution in [0.1, 0.15) is 51.3 Å².